The van der Waals surface area contributed by atoms with Gasteiger partial charge in [-0.15, -0.1) is 0 Å². The number of ether oxygens (including phenoxy) is 1. The largest absolute Gasteiger partial charge is 0.490 e. The van der Waals surface area contributed by atoms with Crippen LogP contribution in [0.2, 0.25) is 0 Å². The maximum atomic E-state index is 15.0. The molecule has 1 aromatic rings. The summed E-state index contributed by atoms with van der Waals surface area (Å²) in [6, 6.07) is 2.18. The molecule has 1 aliphatic carbocycles. The molecule has 1 aliphatic rings. The molecule has 3 nitrogen and oxygen atoms in total. The van der Waals surface area contributed by atoms with E-state index in [-0.39, 0.29) is 18.4 Å². The van der Waals surface area contributed by atoms with Crippen LogP contribution in [0.5, 0.6) is 0 Å². The van der Waals surface area contributed by atoms with Crippen LogP contribution in [0.25, 0.3) is 0 Å². The number of rotatable bonds is 5. The molecule has 0 spiro atoms. The van der Waals surface area contributed by atoms with Gasteiger partial charge in [-0.05, 0) is 32.8 Å². The highest BCUT2D eigenvalue weighted by Gasteiger charge is 2.64. The van der Waals surface area contributed by atoms with Crippen LogP contribution < -0.4 is 5.73 Å². The molecule has 1 unspecified atom stereocenters. The van der Waals surface area contributed by atoms with Crippen LogP contribution in [0.3, 0.4) is 0 Å². The van der Waals surface area contributed by atoms with Gasteiger partial charge in [0.2, 0.25) is 0 Å². The third-order valence-corrected chi connectivity index (χ3v) is 4.37. The van der Waals surface area contributed by atoms with Gasteiger partial charge in [-0.25, -0.2) is 9.18 Å². The van der Waals surface area contributed by atoms with Crippen molar-refractivity contribution in [2.75, 3.05) is 0 Å². The second kappa shape index (κ2) is 6.19. The van der Waals surface area contributed by atoms with E-state index in [1.54, 1.807) is 0 Å². The van der Waals surface area contributed by atoms with Gasteiger partial charge in [0.05, 0.1) is 5.56 Å². The Balaban J connectivity index is 2.50. The van der Waals surface area contributed by atoms with Crippen LogP contribution in [-0.4, -0.2) is 17.7 Å². The molecule has 0 heterocycles. The number of carbonyl (C=O) groups excluding carboxylic acids is 1. The number of carbonyl (C=O) groups is 1. The van der Waals surface area contributed by atoms with Crippen molar-refractivity contribution in [3.05, 3.63) is 35.1 Å². The standard InChI is InChI=1S/C16H17F6NO2/c1-8(23)10-4-3-5-11(12(10)17)15(18,19)14(2,9-6-7-9)25-13(24)16(20,21)22/h3-5,8-9H,6-7,23H2,1-2H3/t8-,14?/m1/s1. The number of benzene rings is 1. The van der Waals surface area contributed by atoms with Gasteiger partial charge >= 0.3 is 18.1 Å². The lowest BCUT2D eigenvalue weighted by Gasteiger charge is -2.37. The number of esters is 1. The third-order valence-electron chi connectivity index (χ3n) is 4.37. The normalized spacial score (nSPS) is 19.2. The minimum absolute atomic E-state index is 0.145. The van der Waals surface area contributed by atoms with Crippen LogP contribution in [0.15, 0.2) is 18.2 Å². The Hall–Kier alpha value is -1.77. The number of halogens is 6. The Morgan fingerprint density at radius 1 is 1.24 bits per heavy atom. The lowest BCUT2D eigenvalue weighted by Crippen LogP contribution is -2.51. The van der Waals surface area contributed by atoms with E-state index >= 15 is 8.78 Å². The van der Waals surface area contributed by atoms with Gasteiger partial charge in [-0.3, -0.25) is 0 Å². The van der Waals surface area contributed by atoms with Crippen LogP contribution in [0.4, 0.5) is 26.3 Å². The Bertz CT molecular complexity index is 669. The molecule has 1 aromatic carbocycles. The van der Waals surface area contributed by atoms with Gasteiger partial charge in [0.1, 0.15) is 5.82 Å². The molecule has 0 radical (unpaired) electrons. The van der Waals surface area contributed by atoms with Crippen molar-refractivity contribution in [2.45, 2.75) is 50.4 Å². The molecule has 2 N–H and O–H groups in total. The first-order valence-electron chi connectivity index (χ1n) is 7.54. The molecule has 0 aliphatic heterocycles. The molecule has 0 aromatic heterocycles. The summed E-state index contributed by atoms with van der Waals surface area (Å²) in [5.74, 6) is -9.24. The Labute approximate surface area is 140 Å². The summed E-state index contributed by atoms with van der Waals surface area (Å²) in [7, 11) is 0. The number of hydrogen-bond acceptors (Lipinski definition) is 3. The lowest BCUT2D eigenvalue weighted by atomic mass is 9.85. The Morgan fingerprint density at radius 2 is 1.80 bits per heavy atom. The minimum atomic E-state index is -5.43. The molecule has 1 fully saturated rings. The summed E-state index contributed by atoms with van der Waals surface area (Å²) in [4.78, 5) is 11.2. The summed E-state index contributed by atoms with van der Waals surface area (Å²) in [5, 5.41) is 0. The molecule has 25 heavy (non-hydrogen) atoms. The minimum Gasteiger partial charge on any atom is -0.446 e. The zero-order chi connectivity index (χ0) is 19.2. The van der Waals surface area contributed by atoms with Crippen LogP contribution >= 0.6 is 0 Å². The molecular weight excluding hydrogens is 352 g/mol. The van der Waals surface area contributed by atoms with Crippen molar-refractivity contribution in [2.24, 2.45) is 11.7 Å². The number of hydrogen-bond donors (Lipinski definition) is 1. The van der Waals surface area contributed by atoms with E-state index in [9.17, 15) is 22.4 Å². The fourth-order valence-corrected chi connectivity index (χ4v) is 2.70. The zero-order valence-corrected chi connectivity index (χ0v) is 13.5. The Morgan fingerprint density at radius 3 is 2.24 bits per heavy atom. The quantitative estimate of drug-likeness (QED) is 0.625. The van der Waals surface area contributed by atoms with Gasteiger partial charge in [0.15, 0.2) is 5.60 Å². The molecule has 0 saturated heterocycles. The highest BCUT2D eigenvalue weighted by Crippen LogP contribution is 2.55. The second-order valence-corrected chi connectivity index (χ2v) is 6.34. The highest BCUT2D eigenvalue weighted by molar-refractivity contribution is 5.76. The molecule has 140 valence electrons. The van der Waals surface area contributed by atoms with Crippen molar-refractivity contribution in [3.63, 3.8) is 0 Å². The summed E-state index contributed by atoms with van der Waals surface area (Å²) >= 11 is 0. The lowest BCUT2D eigenvalue weighted by molar-refractivity contribution is -0.250. The smallest absolute Gasteiger partial charge is 0.446 e. The number of alkyl halides is 5. The van der Waals surface area contributed by atoms with E-state index in [0.29, 0.717) is 6.92 Å². The molecule has 2 atom stereocenters. The van der Waals surface area contributed by atoms with E-state index in [1.165, 1.54) is 13.0 Å². The molecule has 0 amide bonds. The van der Waals surface area contributed by atoms with Crippen LogP contribution in [0, 0.1) is 11.7 Å². The summed E-state index contributed by atoms with van der Waals surface area (Å²) < 4.78 is 86.2. The zero-order valence-electron chi connectivity index (χ0n) is 13.5. The molecular formula is C16H17F6NO2. The van der Waals surface area contributed by atoms with Gasteiger partial charge in [0, 0.05) is 17.5 Å². The summed E-state index contributed by atoms with van der Waals surface area (Å²) in [6.45, 7) is 2.08. The van der Waals surface area contributed by atoms with E-state index in [1.807, 2.05) is 0 Å². The first-order valence-corrected chi connectivity index (χ1v) is 7.54. The highest BCUT2D eigenvalue weighted by atomic mass is 19.4. The second-order valence-electron chi connectivity index (χ2n) is 6.34. The van der Waals surface area contributed by atoms with E-state index < -0.39 is 47.0 Å². The molecule has 9 heteroatoms. The van der Waals surface area contributed by atoms with E-state index in [0.717, 1.165) is 12.1 Å². The predicted octanol–water partition coefficient (Wildman–Crippen LogP) is 4.21. The van der Waals surface area contributed by atoms with Crippen molar-refractivity contribution >= 4 is 5.97 Å². The Kier molecular flexibility index (Phi) is 4.84. The van der Waals surface area contributed by atoms with Gasteiger partial charge < -0.3 is 10.5 Å². The maximum Gasteiger partial charge on any atom is 0.490 e. The average molecular weight is 369 g/mol. The fraction of sp³-hybridized carbons (Fsp3) is 0.562. The van der Waals surface area contributed by atoms with Gasteiger partial charge in [0.25, 0.3) is 0 Å². The first kappa shape index (κ1) is 19.6. The third kappa shape index (κ3) is 3.47. The molecule has 0 bridgehead atoms. The SMILES string of the molecule is C[C@@H](N)c1cccc(C(F)(F)C(C)(OC(=O)C(F)(F)F)C2CC2)c1F. The number of nitrogens with two attached hydrogens (primary N) is 1. The van der Waals surface area contributed by atoms with Gasteiger partial charge in [-0.2, -0.15) is 22.0 Å². The first-order chi connectivity index (χ1) is 11.3. The molecule has 1 saturated carbocycles. The van der Waals surface area contributed by atoms with E-state index in [2.05, 4.69) is 4.74 Å². The summed E-state index contributed by atoms with van der Waals surface area (Å²) in [5.41, 5.74) is 1.35. The van der Waals surface area contributed by atoms with Crippen LogP contribution in [0.1, 0.15) is 43.9 Å². The van der Waals surface area contributed by atoms with Crippen molar-refractivity contribution in [1.82, 2.24) is 0 Å². The molecule has 2 rings (SSSR count). The maximum absolute atomic E-state index is 15.0. The monoisotopic (exact) mass is 369 g/mol. The van der Waals surface area contributed by atoms with Crippen LogP contribution in [-0.2, 0) is 15.5 Å². The fourth-order valence-electron chi connectivity index (χ4n) is 2.70. The average Bonchev–Trinajstić information content (AvgIpc) is 3.30. The van der Waals surface area contributed by atoms with E-state index in [4.69, 9.17) is 5.73 Å². The van der Waals surface area contributed by atoms with Crippen molar-refractivity contribution in [3.8, 4) is 0 Å². The van der Waals surface area contributed by atoms with Crippen molar-refractivity contribution < 1.29 is 35.9 Å². The summed E-state index contributed by atoms with van der Waals surface area (Å²) in [6.07, 6.45) is -5.14. The predicted molar refractivity (Wildman–Crippen MR) is 76.2 cm³/mol. The van der Waals surface area contributed by atoms with Gasteiger partial charge in [-0.1, -0.05) is 12.1 Å². The topological polar surface area (TPSA) is 52.3 Å². The van der Waals surface area contributed by atoms with Crippen molar-refractivity contribution in [1.29, 1.82) is 0 Å².